The molecule has 7 heteroatoms. The molecule has 1 amide bonds. The molecule has 0 saturated heterocycles. The number of nitrogens with zero attached hydrogens (tertiary/aromatic N) is 3. The van der Waals surface area contributed by atoms with Gasteiger partial charge in [0.05, 0.1) is 14.2 Å². The normalized spacial score (nSPS) is 13.6. The number of nitrogens with one attached hydrogen (secondary N) is 1. The number of guanidine groups is 1. The first kappa shape index (κ1) is 23.8. The molecule has 0 bridgehead atoms. The summed E-state index contributed by atoms with van der Waals surface area (Å²) in [4.78, 5) is 21.5. The van der Waals surface area contributed by atoms with E-state index in [1.54, 1.807) is 14.2 Å². The van der Waals surface area contributed by atoms with Gasteiger partial charge in [-0.1, -0.05) is 13.3 Å². The second-order valence-electron chi connectivity index (χ2n) is 7.66. The Hall–Kier alpha value is -2.44. The molecule has 1 aliphatic rings. The quantitative estimate of drug-likeness (QED) is 0.359. The summed E-state index contributed by atoms with van der Waals surface area (Å²) >= 11 is 0. The Kier molecular flexibility index (Phi) is 9.77. The van der Waals surface area contributed by atoms with Crippen LogP contribution in [0.3, 0.4) is 0 Å². The van der Waals surface area contributed by atoms with Gasteiger partial charge in [-0.15, -0.1) is 0 Å². The zero-order valence-corrected chi connectivity index (χ0v) is 19.3. The lowest BCUT2D eigenvalue weighted by atomic mass is 9.98. The molecule has 0 unspecified atom stereocenters. The highest BCUT2D eigenvalue weighted by molar-refractivity contribution is 5.80. The molecule has 0 aromatic heterocycles. The molecule has 0 spiro atoms. The van der Waals surface area contributed by atoms with Crippen LogP contribution in [-0.4, -0.2) is 69.1 Å². The lowest BCUT2D eigenvalue weighted by Crippen LogP contribution is -2.39. The third-order valence-corrected chi connectivity index (χ3v) is 5.42. The van der Waals surface area contributed by atoms with Crippen LogP contribution in [0, 0.1) is 0 Å². The van der Waals surface area contributed by atoms with Gasteiger partial charge in [0.15, 0.2) is 17.5 Å². The summed E-state index contributed by atoms with van der Waals surface area (Å²) < 4.78 is 10.8. The van der Waals surface area contributed by atoms with Crippen LogP contribution >= 0.6 is 0 Å². The molecule has 0 fully saturated rings. The van der Waals surface area contributed by atoms with Crippen LogP contribution in [0.25, 0.3) is 0 Å². The van der Waals surface area contributed by atoms with Gasteiger partial charge in [-0.3, -0.25) is 9.79 Å². The van der Waals surface area contributed by atoms with E-state index in [4.69, 9.17) is 14.5 Å². The van der Waals surface area contributed by atoms with Crippen molar-refractivity contribution in [2.75, 3.05) is 47.4 Å². The Balaban J connectivity index is 1.88. The molecule has 0 radical (unpaired) electrons. The van der Waals surface area contributed by atoms with Gasteiger partial charge in [0.25, 0.3) is 0 Å². The molecular weight excluding hydrogens is 380 g/mol. The summed E-state index contributed by atoms with van der Waals surface area (Å²) in [5.74, 6) is 2.57. The van der Waals surface area contributed by atoms with Crippen LogP contribution in [0.1, 0.15) is 50.7 Å². The molecule has 0 saturated carbocycles. The van der Waals surface area contributed by atoms with Crippen molar-refractivity contribution in [3.8, 4) is 11.5 Å². The summed E-state index contributed by atoms with van der Waals surface area (Å²) in [6.45, 7) is 8.12. The fourth-order valence-corrected chi connectivity index (χ4v) is 3.64. The number of carbonyl (C=O) groups excluding carboxylic acids is 1. The predicted molar refractivity (Wildman–Crippen MR) is 121 cm³/mol. The Morgan fingerprint density at radius 3 is 2.50 bits per heavy atom. The van der Waals surface area contributed by atoms with Gasteiger partial charge in [0.2, 0.25) is 5.91 Å². The molecule has 30 heavy (non-hydrogen) atoms. The summed E-state index contributed by atoms with van der Waals surface area (Å²) in [6, 6.07) is 4.02. The number of fused-ring (bicyclic) bond motifs is 1. The van der Waals surface area contributed by atoms with Crippen molar-refractivity contribution in [3.63, 3.8) is 0 Å². The van der Waals surface area contributed by atoms with Crippen LogP contribution in [0.4, 0.5) is 0 Å². The van der Waals surface area contributed by atoms with Gasteiger partial charge in [-0.2, -0.15) is 0 Å². The summed E-state index contributed by atoms with van der Waals surface area (Å²) in [5.41, 5.74) is 2.36. The first-order chi connectivity index (χ1) is 14.5. The minimum Gasteiger partial charge on any atom is -0.493 e. The van der Waals surface area contributed by atoms with Gasteiger partial charge in [-0.05, 0) is 49.4 Å². The van der Waals surface area contributed by atoms with E-state index in [0.29, 0.717) is 25.3 Å². The Morgan fingerprint density at radius 2 is 1.87 bits per heavy atom. The van der Waals surface area contributed by atoms with Gasteiger partial charge in [0.1, 0.15) is 0 Å². The number of amides is 1. The SMILES string of the molecule is CCCCN(C)C(=NCCCC(=O)N1CCc2cc(OC)c(OC)cc2C1)NCC. The van der Waals surface area contributed by atoms with E-state index >= 15 is 0 Å². The second-order valence-corrected chi connectivity index (χ2v) is 7.66. The van der Waals surface area contributed by atoms with Crippen LogP contribution in [-0.2, 0) is 17.8 Å². The van der Waals surface area contributed by atoms with E-state index in [-0.39, 0.29) is 5.91 Å². The average molecular weight is 419 g/mol. The number of methoxy groups -OCH3 is 2. The highest BCUT2D eigenvalue weighted by Gasteiger charge is 2.22. The lowest BCUT2D eigenvalue weighted by Gasteiger charge is -2.29. The molecule has 1 N–H and O–H groups in total. The molecule has 0 aliphatic carbocycles. The molecule has 1 heterocycles. The summed E-state index contributed by atoms with van der Waals surface area (Å²) in [6.07, 6.45) is 4.42. The number of hydrogen-bond donors (Lipinski definition) is 1. The van der Waals surface area contributed by atoms with E-state index in [2.05, 4.69) is 31.1 Å². The molecule has 7 nitrogen and oxygen atoms in total. The number of benzene rings is 1. The molecule has 1 aromatic carbocycles. The largest absolute Gasteiger partial charge is 0.493 e. The van der Waals surface area contributed by atoms with Crippen LogP contribution in [0.15, 0.2) is 17.1 Å². The van der Waals surface area contributed by atoms with Crippen molar-refractivity contribution in [2.45, 2.75) is 52.5 Å². The third-order valence-electron chi connectivity index (χ3n) is 5.42. The minimum absolute atomic E-state index is 0.190. The lowest BCUT2D eigenvalue weighted by molar-refractivity contribution is -0.132. The van der Waals surface area contributed by atoms with Crippen LogP contribution in [0.5, 0.6) is 11.5 Å². The van der Waals surface area contributed by atoms with Crippen molar-refractivity contribution < 1.29 is 14.3 Å². The van der Waals surface area contributed by atoms with Gasteiger partial charge < -0.3 is 24.6 Å². The van der Waals surface area contributed by atoms with E-state index in [1.807, 2.05) is 17.0 Å². The molecule has 168 valence electrons. The van der Waals surface area contributed by atoms with Crippen molar-refractivity contribution in [3.05, 3.63) is 23.3 Å². The molecule has 1 aliphatic heterocycles. The average Bonchev–Trinajstić information content (AvgIpc) is 2.77. The van der Waals surface area contributed by atoms with Crippen molar-refractivity contribution in [2.24, 2.45) is 4.99 Å². The van der Waals surface area contributed by atoms with E-state index in [0.717, 1.165) is 62.6 Å². The molecular formula is C23H38N4O3. The van der Waals surface area contributed by atoms with E-state index in [9.17, 15) is 4.79 Å². The zero-order chi connectivity index (χ0) is 21.9. The maximum atomic E-state index is 12.7. The predicted octanol–water partition coefficient (Wildman–Crippen LogP) is 3.07. The fraction of sp³-hybridized carbons (Fsp3) is 0.652. The maximum Gasteiger partial charge on any atom is 0.222 e. The standard InChI is InChI=1S/C23H38N4O3/c1-6-8-13-26(3)23(24-7-2)25-12-9-10-22(28)27-14-11-18-15-20(29-4)21(30-5)16-19(18)17-27/h15-16H,6-14,17H2,1-5H3,(H,24,25). The number of unbranched alkanes of at least 4 members (excludes halogenated alkanes) is 1. The van der Waals surface area contributed by atoms with E-state index in [1.165, 1.54) is 5.56 Å². The van der Waals surface area contributed by atoms with Crippen molar-refractivity contribution >= 4 is 11.9 Å². The topological polar surface area (TPSA) is 66.4 Å². The van der Waals surface area contributed by atoms with E-state index < -0.39 is 0 Å². The third kappa shape index (κ3) is 6.54. The smallest absolute Gasteiger partial charge is 0.222 e. The number of rotatable bonds is 10. The molecule has 1 aromatic rings. The van der Waals surface area contributed by atoms with Crippen molar-refractivity contribution in [1.82, 2.24) is 15.1 Å². The van der Waals surface area contributed by atoms with Gasteiger partial charge in [0, 0.05) is 46.2 Å². The maximum absolute atomic E-state index is 12.7. The van der Waals surface area contributed by atoms with Crippen LogP contribution in [0.2, 0.25) is 0 Å². The highest BCUT2D eigenvalue weighted by Crippen LogP contribution is 2.33. The Labute approximate surface area is 181 Å². The number of aliphatic imine (C=N–C) groups is 1. The van der Waals surface area contributed by atoms with Crippen LogP contribution < -0.4 is 14.8 Å². The number of ether oxygens (including phenoxy) is 2. The number of hydrogen-bond acceptors (Lipinski definition) is 4. The van der Waals surface area contributed by atoms with Gasteiger partial charge >= 0.3 is 0 Å². The monoisotopic (exact) mass is 418 g/mol. The first-order valence-corrected chi connectivity index (χ1v) is 11.0. The highest BCUT2D eigenvalue weighted by atomic mass is 16.5. The van der Waals surface area contributed by atoms with Crippen molar-refractivity contribution in [1.29, 1.82) is 0 Å². The minimum atomic E-state index is 0.190. The Bertz CT molecular complexity index is 721. The summed E-state index contributed by atoms with van der Waals surface area (Å²) in [5, 5.41) is 3.33. The first-order valence-electron chi connectivity index (χ1n) is 11.0. The Morgan fingerprint density at radius 1 is 1.17 bits per heavy atom. The zero-order valence-electron chi connectivity index (χ0n) is 19.3. The second kappa shape index (κ2) is 12.3. The molecule has 0 atom stereocenters. The summed E-state index contributed by atoms with van der Waals surface area (Å²) in [7, 11) is 5.35. The number of carbonyl (C=O) groups is 1. The molecule has 2 rings (SSSR count). The fourth-order valence-electron chi connectivity index (χ4n) is 3.64. The van der Waals surface area contributed by atoms with Gasteiger partial charge in [-0.25, -0.2) is 0 Å².